The van der Waals surface area contributed by atoms with Crippen LogP contribution in [0.4, 0.5) is 11.4 Å². The minimum absolute atomic E-state index is 0.197. The Morgan fingerprint density at radius 1 is 1.23 bits per heavy atom. The number of rotatable bonds is 5. The molecule has 1 aliphatic heterocycles. The van der Waals surface area contributed by atoms with Crippen molar-refractivity contribution < 1.29 is 19.0 Å². The first-order valence-electron chi connectivity index (χ1n) is 8.00. The lowest BCUT2D eigenvalue weighted by Gasteiger charge is -2.17. The molecule has 0 fully saturated rings. The predicted molar refractivity (Wildman–Crippen MR) is 101 cm³/mol. The summed E-state index contributed by atoms with van der Waals surface area (Å²) in [6.07, 6.45) is 1.76. The summed E-state index contributed by atoms with van der Waals surface area (Å²) < 4.78 is 16.8. The molecule has 134 valence electrons. The Balaban J connectivity index is 1.86. The van der Waals surface area contributed by atoms with Gasteiger partial charge in [-0.2, -0.15) is 5.11 Å². The second-order valence-electron chi connectivity index (χ2n) is 5.42. The number of carbonyl (C=O) groups excluding carboxylic acids is 1. The van der Waals surface area contributed by atoms with E-state index < -0.39 is 0 Å². The summed E-state index contributed by atoms with van der Waals surface area (Å²) in [4.78, 5) is 11.9. The monoisotopic (exact) mass is 416 g/mol. The second-order valence-corrected chi connectivity index (χ2v) is 6.33. The normalized spacial score (nSPS) is 13.0. The smallest absolute Gasteiger partial charge is 0.337 e. The van der Waals surface area contributed by atoms with Crippen molar-refractivity contribution in [2.75, 3.05) is 20.3 Å². The molecular weight excluding hydrogens is 400 g/mol. The Labute approximate surface area is 159 Å². The van der Waals surface area contributed by atoms with E-state index in [0.29, 0.717) is 35.1 Å². The van der Waals surface area contributed by atoms with Gasteiger partial charge >= 0.3 is 5.97 Å². The first-order chi connectivity index (χ1) is 12.6. The number of hydrogen-bond donors (Lipinski definition) is 0. The molecule has 26 heavy (non-hydrogen) atoms. The molecule has 7 heteroatoms. The molecule has 0 radical (unpaired) electrons. The zero-order valence-electron chi connectivity index (χ0n) is 14.4. The molecular formula is C19H17BrN2O4. The third-order valence-corrected chi connectivity index (χ3v) is 4.15. The van der Waals surface area contributed by atoms with Crippen molar-refractivity contribution >= 4 is 39.4 Å². The van der Waals surface area contributed by atoms with Crippen LogP contribution < -0.4 is 9.47 Å². The van der Waals surface area contributed by atoms with Crippen LogP contribution in [0.5, 0.6) is 11.5 Å². The number of halogens is 1. The fourth-order valence-electron chi connectivity index (χ4n) is 2.41. The molecule has 0 aliphatic carbocycles. The number of ether oxygens (including phenoxy) is 3. The van der Waals surface area contributed by atoms with Gasteiger partial charge in [-0.05, 0) is 49.4 Å². The van der Waals surface area contributed by atoms with Crippen molar-refractivity contribution in [2.24, 2.45) is 10.2 Å². The number of esters is 1. The minimum Gasteiger partial charge on any atom is -0.494 e. The fourth-order valence-corrected chi connectivity index (χ4v) is 2.75. The van der Waals surface area contributed by atoms with E-state index in [-0.39, 0.29) is 12.6 Å². The molecule has 0 bridgehead atoms. The van der Waals surface area contributed by atoms with Crippen molar-refractivity contribution in [3.8, 4) is 11.5 Å². The summed E-state index contributed by atoms with van der Waals surface area (Å²) in [7, 11) is 1.58. The summed E-state index contributed by atoms with van der Waals surface area (Å²) >= 11 is 3.39. The molecule has 0 saturated heterocycles. The Hall–Kier alpha value is -2.67. The number of nitrogens with zero attached hydrogens (tertiary/aromatic N) is 2. The maximum atomic E-state index is 11.9. The third-order valence-electron chi connectivity index (χ3n) is 3.66. The molecule has 0 saturated carbocycles. The van der Waals surface area contributed by atoms with Crippen LogP contribution in [0.2, 0.25) is 0 Å². The van der Waals surface area contributed by atoms with Gasteiger partial charge < -0.3 is 14.2 Å². The second kappa shape index (κ2) is 8.14. The van der Waals surface area contributed by atoms with E-state index in [4.69, 9.17) is 14.2 Å². The van der Waals surface area contributed by atoms with Gasteiger partial charge in [0.15, 0.2) is 0 Å². The van der Waals surface area contributed by atoms with Gasteiger partial charge in [-0.15, -0.1) is 5.11 Å². The molecule has 6 nitrogen and oxygen atoms in total. The van der Waals surface area contributed by atoms with Crippen LogP contribution in [0, 0.1) is 0 Å². The molecule has 0 amide bonds. The van der Waals surface area contributed by atoms with Crippen molar-refractivity contribution in [1.29, 1.82) is 0 Å². The van der Waals surface area contributed by atoms with Gasteiger partial charge in [-0.25, -0.2) is 4.79 Å². The summed E-state index contributed by atoms with van der Waals surface area (Å²) in [6, 6.07) is 10.9. The molecule has 0 N–H and O–H groups in total. The van der Waals surface area contributed by atoms with Gasteiger partial charge in [0.2, 0.25) is 0 Å². The van der Waals surface area contributed by atoms with Gasteiger partial charge in [0.1, 0.15) is 23.8 Å². The molecule has 0 aromatic heterocycles. The molecule has 2 aromatic carbocycles. The zero-order chi connectivity index (χ0) is 18.5. The van der Waals surface area contributed by atoms with Crippen molar-refractivity contribution in [2.45, 2.75) is 6.92 Å². The van der Waals surface area contributed by atoms with Gasteiger partial charge in [0.25, 0.3) is 0 Å². The highest BCUT2D eigenvalue weighted by atomic mass is 79.9. The van der Waals surface area contributed by atoms with Gasteiger partial charge in [-0.1, -0.05) is 15.9 Å². The van der Waals surface area contributed by atoms with Gasteiger partial charge in [0.05, 0.1) is 25.0 Å². The fraction of sp³-hybridized carbons (Fsp3) is 0.211. The van der Waals surface area contributed by atoms with Crippen molar-refractivity contribution in [1.82, 2.24) is 0 Å². The van der Waals surface area contributed by atoms with Crippen LogP contribution in [-0.4, -0.2) is 26.3 Å². The number of fused-ring (bicyclic) bond motifs is 1. The third kappa shape index (κ3) is 4.11. The first kappa shape index (κ1) is 18.1. The highest BCUT2D eigenvalue weighted by Crippen LogP contribution is 2.34. The lowest BCUT2D eigenvalue weighted by molar-refractivity contribution is -0.138. The molecule has 1 aliphatic rings. The standard InChI is InChI=1S/C19H17BrN2O4/c1-3-25-19(23)13-8-12-9-15(5-7-17(12)26-11-13)21-22-16-6-4-14(20)10-18(16)24-2/h4-10H,3,11H2,1-2H3/b22-21+. The largest absolute Gasteiger partial charge is 0.494 e. The SMILES string of the molecule is CCOC(=O)C1=Cc2cc(/N=N/c3ccc(Br)cc3OC)ccc2OC1. The highest BCUT2D eigenvalue weighted by Gasteiger charge is 2.18. The minimum atomic E-state index is -0.371. The molecule has 3 rings (SSSR count). The van der Waals surface area contributed by atoms with E-state index in [1.807, 2.05) is 24.3 Å². The average Bonchev–Trinajstić information content (AvgIpc) is 2.66. The molecule has 0 unspecified atom stereocenters. The summed E-state index contributed by atoms with van der Waals surface area (Å²) in [5, 5.41) is 8.50. The Kier molecular flexibility index (Phi) is 5.68. The summed E-state index contributed by atoms with van der Waals surface area (Å²) in [5.74, 6) is 0.942. The number of carbonyl (C=O) groups is 1. The Bertz CT molecular complexity index is 893. The molecule has 0 atom stereocenters. The Morgan fingerprint density at radius 3 is 2.85 bits per heavy atom. The topological polar surface area (TPSA) is 69.5 Å². The van der Waals surface area contributed by atoms with E-state index in [1.54, 1.807) is 32.2 Å². The van der Waals surface area contributed by atoms with E-state index in [0.717, 1.165) is 10.0 Å². The van der Waals surface area contributed by atoms with Crippen LogP contribution in [0.25, 0.3) is 6.08 Å². The van der Waals surface area contributed by atoms with Crippen LogP contribution in [-0.2, 0) is 9.53 Å². The maximum Gasteiger partial charge on any atom is 0.337 e. The molecule has 0 spiro atoms. The number of hydrogen-bond acceptors (Lipinski definition) is 6. The van der Waals surface area contributed by atoms with Gasteiger partial charge in [-0.3, -0.25) is 0 Å². The molecule has 1 heterocycles. The van der Waals surface area contributed by atoms with Crippen LogP contribution in [0.3, 0.4) is 0 Å². The molecule has 2 aromatic rings. The predicted octanol–water partition coefficient (Wildman–Crippen LogP) is 5.21. The van der Waals surface area contributed by atoms with E-state index in [1.165, 1.54) is 0 Å². The highest BCUT2D eigenvalue weighted by molar-refractivity contribution is 9.10. The van der Waals surface area contributed by atoms with Gasteiger partial charge in [0, 0.05) is 10.0 Å². The van der Waals surface area contributed by atoms with Crippen molar-refractivity contribution in [3.63, 3.8) is 0 Å². The van der Waals surface area contributed by atoms with Crippen molar-refractivity contribution in [3.05, 3.63) is 52.0 Å². The Morgan fingerprint density at radius 2 is 2.08 bits per heavy atom. The zero-order valence-corrected chi connectivity index (χ0v) is 15.9. The average molecular weight is 417 g/mol. The summed E-state index contributed by atoms with van der Waals surface area (Å²) in [6.45, 7) is 2.29. The van der Waals surface area contributed by atoms with Crippen LogP contribution >= 0.6 is 15.9 Å². The first-order valence-corrected chi connectivity index (χ1v) is 8.80. The quantitative estimate of drug-likeness (QED) is 0.495. The van der Waals surface area contributed by atoms with Crippen LogP contribution in [0.15, 0.2) is 56.7 Å². The maximum absolute atomic E-state index is 11.9. The van der Waals surface area contributed by atoms with Crippen LogP contribution in [0.1, 0.15) is 12.5 Å². The number of azo groups is 1. The number of methoxy groups -OCH3 is 1. The number of benzene rings is 2. The van der Waals surface area contributed by atoms with E-state index in [2.05, 4.69) is 26.2 Å². The van der Waals surface area contributed by atoms with E-state index in [9.17, 15) is 4.79 Å². The summed E-state index contributed by atoms with van der Waals surface area (Å²) in [5.41, 5.74) is 2.49. The lowest BCUT2D eigenvalue weighted by Crippen LogP contribution is -2.17. The lowest BCUT2D eigenvalue weighted by atomic mass is 10.1. The van der Waals surface area contributed by atoms with E-state index >= 15 is 0 Å².